The van der Waals surface area contributed by atoms with Gasteiger partial charge in [-0.1, -0.05) is 0 Å². The SMILES string of the molecule is CCOc1cc(C(=O)NCCC(=O)Nc2cccnc2)ccc1OCc1ccncc1. The fourth-order valence-electron chi connectivity index (χ4n) is 2.73. The van der Waals surface area contributed by atoms with Crippen LogP contribution in [0, 0.1) is 0 Å². The molecule has 8 nitrogen and oxygen atoms in total. The highest BCUT2D eigenvalue weighted by atomic mass is 16.5. The van der Waals surface area contributed by atoms with E-state index in [1.54, 1.807) is 55.1 Å². The number of ether oxygens (including phenoxy) is 2. The van der Waals surface area contributed by atoms with E-state index in [1.165, 1.54) is 0 Å². The third-order valence-electron chi connectivity index (χ3n) is 4.23. The van der Waals surface area contributed by atoms with Crippen LogP contribution in [0.15, 0.2) is 67.3 Å². The molecule has 160 valence electrons. The molecule has 2 aromatic heterocycles. The van der Waals surface area contributed by atoms with E-state index in [0.717, 1.165) is 5.56 Å². The van der Waals surface area contributed by atoms with Crippen LogP contribution in [0.1, 0.15) is 29.3 Å². The summed E-state index contributed by atoms with van der Waals surface area (Å²) < 4.78 is 11.5. The molecule has 0 unspecified atom stereocenters. The van der Waals surface area contributed by atoms with Crippen LogP contribution in [-0.4, -0.2) is 34.9 Å². The molecule has 8 heteroatoms. The molecule has 0 saturated carbocycles. The molecule has 0 bridgehead atoms. The highest BCUT2D eigenvalue weighted by Crippen LogP contribution is 2.29. The molecule has 2 amide bonds. The van der Waals surface area contributed by atoms with Crippen molar-refractivity contribution in [3.05, 3.63) is 78.4 Å². The van der Waals surface area contributed by atoms with Gasteiger partial charge in [-0.3, -0.25) is 19.6 Å². The van der Waals surface area contributed by atoms with Gasteiger partial charge in [-0.15, -0.1) is 0 Å². The predicted octanol–water partition coefficient (Wildman–Crippen LogP) is 3.21. The Kier molecular flexibility index (Phi) is 7.93. The molecule has 31 heavy (non-hydrogen) atoms. The number of amides is 2. The van der Waals surface area contributed by atoms with Crippen LogP contribution in [0.4, 0.5) is 5.69 Å². The van der Waals surface area contributed by atoms with Crippen LogP contribution in [-0.2, 0) is 11.4 Å². The number of pyridine rings is 2. The zero-order valence-electron chi connectivity index (χ0n) is 17.2. The second kappa shape index (κ2) is 11.3. The first-order valence-electron chi connectivity index (χ1n) is 9.92. The van der Waals surface area contributed by atoms with Crippen molar-refractivity contribution in [3.8, 4) is 11.5 Å². The molecular weight excluding hydrogens is 396 g/mol. The summed E-state index contributed by atoms with van der Waals surface area (Å²) in [6.07, 6.45) is 6.73. The van der Waals surface area contributed by atoms with Crippen molar-refractivity contribution in [3.63, 3.8) is 0 Å². The predicted molar refractivity (Wildman–Crippen MR) is 116 cm³/mol. The lowest BCUT2D eigenvalue weighted by Gasteiger charge is -2.13. The monoisotopic (exact) mass is 420 g/mol. The van der Waals surface area contributed by atoms with Gasteiger partial charge in [0.25, 0.3) is 5.91 Å². The average Bonchev–Trinajstić information content (AvgIpc) is 2.79. The van der Waals surface area contributed by atoms with E-state index < -0.39 is 0 Å². The minimum Gasteiger partial charge on any atom is -0.490 e. The number of anilines is 1. The highest BCUT2D eigenvalue weighted by Gasteiger charge is 2.12. The average molecular weight is 420 g/mol. The molecule has 2 N–H and O–H groups in total. The fourth-order valence-corrected chi connectivity index (χ4v) is 2.73. The molecule has 0 radical (unpaired) electrons. The van der Waals surface area contributed by atoms with Crippen molar-refractivity contribution in [2.45, 2.75) is 20.0 Å². The van der Waals surface area contributed by atoms with Gasteiger partial charge in [0.1, 0.15) is 6.61 Å². The Balaban J connectivity index is 1.54. The standard InChI is InChI=1S/C23H24N4O4/c1-2-30-21-14-18(5-6-20(21)31-16-17-7-11-24-12-8-17)23(29)26-13-9-22(28)27-19-4-3-10-25-15-19/h3-8,10-12,14-15H,2,9,13,16H2,1H3,(H,26,29)(H,27,28). The molecule has 0 aliphatic carbocycles. The summed E-state index contributed by atoms with van der Waals surface area (Å²) in [5, 5.41) is 5.47. The van der Waals surface area contributed by atoms with E-state index >= 15 is 0 Å². The van der Waals surface area contributed by atoms with Crippen LogP contribution in [0.5, 0.6) is 11.5 Å². The van der Waals surface area contributed by atoms with Crippen molar-refractivity contribution in [2.75, 3.05) is 18.5 Å². The molecule has 2 heterocycles. The van der Waals surface area contributed by atoms with E-state index in [-0.39, 0.29) is 24.8 Å². The summed E-state index contributed by atoms with van der Waals surface area (Å²) in [6, 6.07) is 12.2. The van der Waals surface area contributed by atoms with Gasteiger partial charge >= 0.3 is 0 Å². The van der Waals surface area contributed by atoms with Crippen LogP contribution in [0.3, 0.4) is 0 Å². The molecular formula is C23H24N4O4. The van der Waals surface area contributed by atoms with Gasteiger partial charge in [-0.05, 0) is 55.0 Å². The Hall–Kier alpha value is -3.94. The Morgan fingerprint density at radius 1 is 0.968 bits per heavy atom. The second-order valence-corrected chi connectivity index (χ2v) is 6.53. The first-order valence-corrected chi connectivity index (χ1v) is 9.92. The lowest BCUT2D eigenvalue weighted by molar-refractivity contribution is -0.116. The Morgan fingerprint density at radius 2 is 1.81 bits per heavy atom. The Labute approximate surface area is 180 Å². The van der Waals surface area contributed by atoms with E-state index in [9.17, 15) is 9.59 Å². The van der Waals surface area contributed by atoms with Crippen molar-refractivity contribution in [2.24, 2.45) is 0 Å². The summed E-state index contributed by atoms with van der Waals surface area (Å²) in [5.74, 6) is 0.531. The molecule has 3 aromatic rings. The highest BCUT2D eigenvalue weighted by molar-refractivity contribution is 5.95. The maximum absolute atomic E-state index is 12.5. The number of rotatable bonds is 10. The van der Waals surface area contributed by atoms with Gasteiger partial charge in [-0.25, -0.2) is 0 Å². The fraction of sp³-hybridized carbons (Fsp3) is 0.217. The molecule has 0 aliphatic heterocycles. The summed E-state index contributed by atoms with van der Waals surface area (Å²) in [4.78, 5) is 32.4. The molecule has 0 spiro atoms. The summed E-state index contributed by atoms with van der Waals surface area (Å²) in [6.45, 7) is 2.86. The number of aromatic nitrogens is 2. The van der Waals surface area contributed by atoms with Gasteiger partial charge in [0.15, 0.2) is 11.5 Å². The minimum atomic E-state index is -0.296. The van der Waals surface area contributed by atoms with E-state index in [4.69, 9.17) is 9.47 Å². The molecule has 1 aromatic carbocycles. The van der Waals surface area contributed by atoms with Crippen LogP contribution < -0.4 is 20.1 Å². The van der Waals surface area contributed by atoms with Crippen LogP contribution in [0.25, 0.3) is 0 Å². The van der Waals surface area contributed by atoms with Gasteiger partial charge in [0.05, 0.1) is 18.5 Å². The number of hydrogen-bond donors (Lipinski definition) is 2. The molecule has 0 saturated heterocycles. The van der Waals surface area contributed by atoms with Gasteiger partial charge in [-0.2, -0.15) is 0 Å². The van der Waals surface area contributed by atoms with Crippen molar-refractivity contribution in [1.29, 1.82) is 0 Å². The van der Waals surface area contributed by atoms with Crippen molar-refractivity contribution in [1.82, 2.24) is 15.3 Å². The number of carbonyl (C=O) groups excluding carboxylic acids is 2. The third-order valence-corrected chi connectivity index (χ3v) is 4.23. The Bertz CT molecular complexity index is 997. The number of benzene rings is 1. The largest absolute Gasteiger partial charge is 0.490 e. The molecule has 0 atom stereocenters. The third kappa shape index (κ3) is 6.81. The second-order valence-electron chi connectivity index (χ2n) is 6.53. The van der Waals surface area contributed by atoms with Gasteiger partial charge < -0.3 is 20.1 Å². The van der Waals surface area contributed by atoms with E-state index in [0.29, 0.717) is 36.0 Å². The zero-order valence-corrected chi connectivity index (χ0v) is 17.2. The maximum Gasteiger partial charge on any atom is 0.251 e. The number of hydrogen-bond acceptors (Lipinski definition) is 6. The maximum atomic E-state index is 12.5. The zero-order chi connectivity index (χ0) is 21.9. The number of carbonyl (C=O) groups is 2. The molecule has 0 fully saturated rings. The first-order chi connectivity index (χ1) is 15.2. The van der Waals surface area contributed by atoms with Crippen LogP contribution in [0.2, 0.25) is 0 Å². The Morgan fingerprint density at radius 3 is 2.55 bits per heavy atom. The summed E-state index contributed by atoms with van der Waals surface area (Å²) in [7, 11) is 0. The summed E-state index contributed by atoms with van der Waals surface area (Å²) >= 11 is 0. The quantitative estimate of drug-likeness (QED) is 0.522. The van der Waals surface area contributed by atoms with Gasteiger partial charge in [0.2, 0.25) is 5.91 Å². The smallest absolute Gasteiger partial charge is 0.251 e. The van der Waals surface area contributed by atoms with E-state index in [2.05, 4.69) is 20.6 Å². The number of nitrogens with one attached hydrogen (secondary N) is 2. The normalized spacial score (nSPS) is 10.2. The number of nitrogens with zero attached hydrogens (tertiary/aromatic N) is 2. The lowest BCUT2D eigenvalue weighted by Crippen LogP contribution is -2.27. The van der Waals surface area contributed by atoms with Crippen molar-refractivity contribution >= 4 is 17.5 Å². The van der Waals surface area contributed by atoms with E-state index in [1.807, 2.05) is 19.1 Å². The minimum absolute atomic E-state index is 0.145. The van der Waals surface area contributed by atoms with Gasteiger partial charge in [0, 0.05) is 37.1 Å². The lowest BCUT2D eigenvalue weighted by atomic mass is 10.2. The molecule has 0 aliphatic rings. The van der Waals surface area contributed by atoms with Crippen LogP contribution >= 0.6 is 0 Å². The summed E-state index contributed by atoms with van der Waals surface area (Å²) in [5.41, 5.74) is 2.01. The van der Waals surface area contributed by atoms with Crippen molar-refractivity contribution < 1.29 is 19.1 Å². The first kappa shape index (κ1) is 21.8. The molecule has 3 rings (SSSR count). The topological polar surface area (TPSA) is 102 Å².